The third-order valence-electron chi connectivity index (χ3n) is 4.32. The monoisotopic (exact) mass is 309 g/mol. The minimum absolute atomic E-state index is 0.563. The van der Waals surface area contributed by atoms with Gasteiger partial charge in [0, 0.05) is 18.8 Å². The van der Waals surface area contributed by atoms with E-state index in [0.717, 1.165) is 17.9 Å². The van der Waals surface area contributed by atoms with Gasteiger partial charge in [-0.2, -0.15) is 16.4 Å². The van der Waals surface area contributed by atoms with Gasteiger partial charge < -0.3 is 0 Å². The van der Waals surface area contributed by atoms with Crippen LogP contribution in [0.1, 0.15) is 30.1 Å². The molecule has 1 aliphatic rings. The molecule has 1 fully saturated rings. The van der Waals surface area contributed by atoms with Crippen molar-refractivity contribution >= 4 is 11.3 Å². The Hall–Kier alpha value is -1.91. The van der Waals surface area contributed by atoms with Crippen LogP contribution < -0.4 is 0 Å². The number of nitrogens with zero attached hydrogens (tertiary/aromatic N) is 3. The van der Waals surface area contributed by atoms with E-state index in [4.69, 9.17) is 5.10 Å². The SMILES string of the molecule is c1ccc(-n2ccc(CN3CCC[C@H]3c3ccsc3)n2)cc1. The lowest BCUT2D eigenvalue weighted by molar-refractivity contribution is 0.245. The number of likely N-dealkylation sites (tertiary alicyclic amines) is 1. The molecule has 3 heterocycles. The average molecular weight is 309 g/mol. The predicted octanol–water partition coefficient (Wildman–Crippen LogP) is 4.27. The minimum Gasteiger partial charge on any atom is -0.290 e. The second-order valence-electron chi connectivity index (χ2n) is 5.77. The van der Waals surface area contributed by atoms with Gasteiger partial charge in [-0.1, -0.05) is 18.2 Å². The van der Waals surface area contributed by atoms with Crippen molar-refractivity contribution in [3.05, 3.63) is 70.7 Å². The van der Waals surface area contributed by atoms with Gasteiger partial charge in [0.1, 0.15) is 0 Å². The van der Waals surface area contributed by atoms with Crippen LogP contribution in [0.5, 0.6) is 0 Å². The summed E-state index contributed by atoms with van der Waals surface area (Å²) < 4.78 is 1.96. The molecular weight excluding hydrogens is 290 g/mol. The van der Waals surface area contributed by atoms with E-state index in [2.05, 4.69) is 46.1 Å². The zero-order valence-corrected chi connectivity index (χ0v) is 13.2. The van der Waals surface area contributed by atoms with E-state index in [0.29, 0.717) is 6.04 Å². The van der Waals surface area contributed by atoms with Crippen LogP contribution in [-0.2, 0) is 6.54 Å². The van der Waals surface area contributed by atoms with E-state index >= 15 is 0 Å². The summed E-state index contributed by atoms with van der Waals surface area (Å²) in [6.07, 6.45) is 4.59. The van der Waals surface area contributed by atoms with Crippen molar-refractivity contribution in [1.82, 2.24) is 14.7 Å². The van der Waals surface area contributed by atoms with E-state index in [1.807, 2.05) is 22.9 Å². The molecule has 0 N–H and O–H groups in total. The van der Waals surface area contributed by atoms with Crippen molar-refractivity contribution in [3.63, 3.8) is 0 Å². The minimum atomic E-state index is 0.563. The molecule has 0 aliphatic carbocycles. The Morgan fingerprint density at radius 2 is 2.05 bits per heavy atom. The number of thiophene rings is 1. The molecule has 0 saturated carbocycles. The molecule has 4 heteroatoms. The Morgan fingerprint density at radius 3 is 2.86 bits per heavy atom. The highest BCUT2D eigenvalue weighted by Crippen LogP contribution is 2.33. The molecule has 1 aliphatic heterocycles. The number of benzene rings is 1. The third-order valence-corrected chi connectivity index (χ3v) is 5.02. The first-order valence-electron chi connectivity index (χ1n) is 7.76. The number of aromatic nitrogens is 2. The molecule has 3 aromatic rings. The zero-order chi connectivity index (χ0) is 14.8. The molecule has 112 valence electrons. The zero-order valence-electron chi connectivity index (χ0n) is 12.4. The van der Waals surface area contributed by atoms with Gasteiger partial charge in [0.25, 0.3) is 0 Å². The van der Waals surface area contributed by atoms with E-state index in [9.17, 15) is 0 Å². The van der Waals surface area contributed by atoms with Crippen LogP contribution >= 0.6 is 11.3 Å². The lowest BCUT2D eigenvalue weighted by Gasteiger charge is -2.22. The summed E-state index contributed by atoms with van der Waals surface area (Å²) in [6.45, 7) is 2.10. The van der Waals surface area contributed by atoms with E-state index < -0.39 is 0 Å². The van der Waals surface area contributed by atoms with Gasteiger partial charge in [-0.25, -0.2) is 4.68 Å². The lowest BCUT2D eigenvalue weighted by Crippen LogP contribution is -2.22. The maximum atomic E-state index is 4.74. The first-order valence-corrected chi connectivity index (χ1v) is 8.70. The molecule has 0 bridgehead atoms. The van der Waals surface area contributed by atoms with Gasteiger partial charge in [0.05, 0.1) is 11.4 Å². The molecular formula is C18H19N3S. The predicted molar refractivity (Wildman–Crippen MR) is 90.3 cm³/mol. The van der Waals surface area contributed by atoms with Gasteiger partial charge in [-0.3, -0.25) is 4.90 Å². The maximum absolute atomic E-state index is 4.74. The lowest BCUT2D eigenvalue weighted by atomic mass is 10.1. The van der Waals surface area contributed by atoms with Gasteiger partial charge in [0.2, 0.25) is 0 Å². The van der Waals surface area contributed by atoms with Gasteiger partial charge in [-0.05, 0) is 60.0 Å². The number of hydrogen-bond donors (Lipinski definition) is 0. The summed E-state index contributed by atoms with van der Waals surface area (Å²) in [4.78, 5) is 2.56. The Bertz CT molecular complexity index is 718. The fourth-order valence-corrected chi connectivity index (χ4v) is 3.94. The van der Waals surface area contributed by atoms with Crippen molar-refractivity contribution in [3.8, 4) is 5.69 Å². The molecule has 0 amide bonds. The van der Waals surface area contributed by atoms with Crippen LogP contribution in [0.4, 0.5) is 0 Å². The Balaban J connectivity index is 1.51. The highest BCUT2D eigenvalue weighted by Gasteiger charge is 2.26. The van der Waals surface area contributed by atoms with Crippen LogP contribution in [0, 0.1) is 0 Å². The Morgan fingerprint density at radius 1 is 1.14 bits per heavy atom. The van der Waals surface area contributed by atoms with Crippen molar-refractivity contribution in [2.75, 3.05) is 6.54 Å². The summed E-state index contributed by atoms with van der Waals surface area (Å²) in [5, 5.41) is 9.20. The van der Waals surface area contributed by atoms with Gasteiger partial charge >= 0.3 is 0 Å². The van der Waals surface area contributed by atoms with Crippen LogP contribution in [0.2, 0.25) is 0 Å². The summed E-state index contributed by atoms with van der Waals surface area (Å²) >= 11 is 1.79. The van der Waals surface area contributed by atoms with E-state index in [1.54, 1.807) is 11.3 Å². The van der Waals surface area contributed by atoms with Crippen LogP contribution in [0.3, 0.4) is 0 Å². The van der Waals surface area contributed by atoms with Crippen LogP contribution in [0.25, 0.3) is 5.69 Å². The Labute approximate surface area is 134 Å². The number of hydrogen-bond acceptors (Lipinski definition) is 3. The number of para-hydroxylation sites is 1. The second kappa shape index (κ2) is 6.07. The molecule has 0 radical (unpaired) electrons. The molecule has 1 saturated heterocycles. The molecule has 0 unspecified atom stereocenters. The molecule has 22 heavy (non-hydrogen) atoms. The van der Waals surface area contributed by atoms with Crippen molar-refractivity contribution in [2.45, 2.75) is 25.4 Å². The van der Waals surface area contributed by atoms with E-state index in [-0.39, 0.29) is 0 Å². The summed E-state index contributed by atoms with van der Waals surface area (Å²) in [7, 11) is 0. The topological polar surface area (TPSA) is 21.1 Å². The standard InChI is InChI=1S/C18H19N3S/c1-2-5-17(6-3-1)21-11-8-16(19-21)13-20-10-4-7-18(20)15-9-12-22-14-15/h1-3,5-6,8-9,11-12,14,18H,4,7,10,13H2/t18-/m0/s1. The molecule has 3 nitrogen and oxygen atoms in total. The smallest absolute Gasteiger partial charge is 0.0769 e. The third kappa shape index (κ3) is 2.72. The number of rotatable bonds is 4. The summed E-state index contributed by atoms with van der Waals surface area (Å²) in [6, 6.07) is 15.2. The quantitative estimate of drug-likeness (QED) is 0.717. The first kappa shape index (κ1) is 13.7. The van der Waals surface area contributed by atoms with Gasteiger partial charge in [-0.15, -0.1) is 0 Å². The molecule has 1 aromatic carbocycles. The molecule has 4 rings (SSSR count). The van der Waals surface area contributed by atoms with E-state index in [1.165, 1.54) is 24.9 Å². The van der Waals surface area contributed by atoms with Crippen LogP contribution in [-0.4, -0.2) is 21.2 Å². The molecule has 0 spiro atoms. The fraction of sp³-hybridized carbons (Fsp3) is 0.278. The molecule has 1 atom stereocenters. The van der Waals surface area contributed by atoms with Crippen LogP contribution in [0.15, 0.2) is 59.4 Å². The maximum Gasteiger partial charge on any atom is 0.0769 e. The highest BCUT2D eigenvalue weighted by molar-refractivity contribution is 7.07. The molecule has 2 aromatic heterocycles. The van der Waals surface area contributed by atoms with Gasteiger partial charge in [0.15, 0.2) is 0 Å². The average Bonchev–Trinajstić information content (AvgIpc) is 3.30. The highest BCUT2D eigenvalue weighted by atomic mass is 32.1. The summed E-state index contributed by atoms with van der Waals surface area (Å²) in [5.74, 6) is 0. The second-order valence-corrected chi connectivity index (χ2v) is 6.55. The first-order chi connectivity index (χ1) is 10.9. The summed E-state index contributed by atoms with van der Waals surface area (Å²) in [5.41, 5.74) is 3.72. The van der Waals surface area contributed by atoms with Crippen molar-refractivity contribution < 1.29 is 0 Å². The van der Waals surface area contributed by atoms with Crippen molar-refractivity contribution in [2.24, 2.45) is 0 Å². The fourth-order valence-electron chi connectivity index (χ4n) is 3.24. The largest absolute Gasteiger partial charge is 0.290 e. The van der Waals surface area contributed by atoms with Crippen molar-refractivity contribution in [1.29, 1.82) is 0 Å². The Kier molecular flexibility index (Phi) is 3.79. The normalized spacial score (nSPS) is 18.8.